The number of nitrogens with zero attached hydrogens (tertiary/aromatic N) is 2. The third kappa shape index (κ3) is 4.43. The summed E-state index contributed by atoms with van der Waals surface area (Å²) in [5.41, 5.74) is 0.542. The van der Waals surface area contributed by atoms with Crippen LogP contribution in [0.2, 0.25) is 0 Å². The molecule has 0 saturated carbocycles. The van der Waals surface area contributed by atoms with Crippen molar-refractivity contribution in [3.05, 3.63) is 23.9 Å². The number of aliphatic hydroxyl groups excluding tert-OH is 1. The van der Waals surface area contributed by atoms with Gasteiger partial charge >= 0.3 is 0 Å². The van der Waals surface area contributed by atoms with Crippen LogP contribution in [0.5, 0.6) is 0 Å². The monoisotopic (exact) mass is 291 g/mol. The van der Waals surface area contributed by atoms with Gasteiger partial charge in [-0.05, 0) is 31.4 Å². The maximum absolute atomic E-state index is 12.0. The molecule has 0 aromatic carbocycles. The van der Waals surface area contributed by atoms with Gasteiger partial charge in [0.2, 0.25) is 0 Å². The van der Waals surface area contributed by atoms with E-state index in [0.29, 0.717) is 12.0 Å². The minimum Gasteiger partial charge on any atom is -0.394 e. The Morgan fingerprint density at radius 2 is 2.05 bits per heavy atom. The van der Waals surface area contributed by atoms with Gasteiger partial charge in [0.25, 0.3) is 5.91 Å². The molecule has 0 bridgehead atoms. The van der Waals surface area contributed by atoms with Crippen LogP contribution in [0.4, 0.5) is 5.82 Å². The van der Waals surface area contributed by atoms with Gasteiger partial charge in [-0.15, -0.1) is 0 Å². The molecular formula is C16H25N3O2. The number of amides is 1. The van der Waals surface area contributed by atoms with Gasteiger partial charge < -0.3 is 15.3 Å². The molecule has 1 aliphatic heterocycles. The molecule has 0 radical (unpaired) electrons. The molecule has 1 atom stereocenters. The van der Waals surface area contributed by atoms with E-state index in [1.54, 1.807) is 6.20 Å². The van der Waals surface area contributed by atoms with Crippen LogP contribution in [0.15, 0.2) is 18.3 Å². The molecule has 116 valence electrons. The molecule has 1 unspecified atom stereocenters. The first-order chi connectivity index (χ1) is 10.2. The van der Waals surface area contributed by atoms with Crippen molar-refractivity contribution in [3.8, 4) is 0 Å². The number of pyridine rings is 1. The molecule has 1 fully saturated rings. The minimum atomic E-state index is -0.192. The van der Waals surface area contributed by atoms with Crippen molar-refractivity contribution in [2.24, 2.45) is 0 Å². The van der Waals surface area contributed by atoms with E-state index in [-0.39, 0.29) is 18.6 Å². The second-order valence-corrected chi connectivity index (χ2v) is 5.57. The normalized spacial score (nSPS) is 17.1. The number of nitrogens with one attached hydrogen (secondary N) is 1. The Morgan fingerprint density at radius 3 is 2.57 bits per heavy atom. The van der Waals surface area contributed by atoms with E-state index >= 15 is 0 Å². The number of rotatable bonds is 5. The summed E-state index contributed by atoms with van der Waals surface area (Å²) in [4.78, 5) is 18.8. The quantitative estimate of drug-likeness (QED) is 0.870. The van der Waals surface area contributed by atoms with Crippen LogP contribution in [0.25, 0.3) is 0 Å². The van der Waals surface area contributed by atoms with Gasteiger partial charge in [0.1, 0.15) is 5.82 Å². The number of aliphatic hydroxyl groups is 1. The lowest BCUT2D eigenvalue weighted by Crippen LogP contribution is -2.37. The highest BCUT2D eigenvalue weighted by atomic mass is 16.3. The zero-order valence-corrected chi connectivity index (χ0v) is 12.7. The molecule has 5 nitrogen and oxygen atoms in total. The Kier molecular flexibility index (Phi) is 5.99. The van der Waals surface area contributed by atoms with Gasteiger partial charge in [-0.1, -0.05) is 19.8 Å². The molecule has 2 N–H and O–H groups in total. The van der Waals surface area contributed by atoms with Crippen LogP contribution in [0.3, 0.4) is 0 Å². The number of hydrogen-bond acceptors (Lipinski definition) is 4. The van der Waals surface area contributed by atoms with E-state index in [0.717, 1.165) is 18.9 Å². The van der Waals surface area contributed by atoms with Crippen LogP contribution in [-0.4, -0.2) is 41.7 Å². The average molecular weight is 291 g/mol. The van der Waals surface area contributed by atoms with E-state index in [9.17, 15) is 4.79 Å². The lowest BCUT2D eigenvalue weighted by atomic mass is 10.2. The Hall–Kier alpha value is -1.62. The zero-order valence-electron chi connectivity index (χ0n) is 12.7. The van der Waals surface area contributed by atoms with Gasteiger partial charge in [-0.3, -0.25) is 4.79 Å². The molecule has 1 saturated heterocycles. The Balaban J connectivity index is 1.99. The molecule has 1 aromatic rings. The highest BCUT2D eigenvalue weighted by Crippen LogP contribution is 2.17. The SMILES string of the molecule is CCC(CO)NC(=O)c1ccc(N2CCCCCC2)nc1. The summed E-state index contributed by atoms with van der Waals surface area (Å²) in [6, 6.07) is 3.54. The van der Waals surface area contributed by atoms with Crippen LogP contribution < -0.4 is 10.2 Å². The van der Waals surface area contributed by atoms with Gasteiger partial charge in [-0.2, -0.15) is 0 Å². The van der Waals surface area contributed by atoms with E-state index in [1.165, 1.54) is 25.7 Å². The summed E-state index contributed by atoms with van der Waals surface area (Å²) in [5.74, 6) is 0.772. The zero-order chi connectivity index (χ0) is 15.1. The van der Waals surface area contributed by atoms with E-state index in [4.69, 9.17) is 5.11 Å². The molecule has 0 spiro atoms. The predicted molar refractivity (Wildman–Crippen MR) is 83.5 cm³/mol. The van der Waals surface area contributed by atoms with E-state index in [1.807, 2.05) is 19.1 Å². The number of anilines is 1. The van der Waals surface area contributed by atoms with Crippen molar-refractivity contribution in [2.45, 2.75) is 45.1 Å². The first kappa shape index (κ1) is 15.8. The molecular weight excluding hydrogens is 266 g/mol. The molecule has 1 aromatic heterocycles. The Morgan fingerprint density at radius 1 is 1.33 bits per heavy atom. The average Bonchev–Trinajstić information content (AvgIpc) is 2.81. The smallest absolute Gasteiger partial charge is 0.253 e. The van der Waals surface area contributed by atoms with E-state index in [2.05, 4.69) is 15.2 Å². The largest absolute Gasteiger partial charge is 0.394 e. The summed E-state index contributed by atoms with van der Waals surface area (Å²) >= 11 is 0. The third-order valence-corrected chi connectivity index (χ3v) is 3.99. The highest BCUT2D eigenvalue weighted by Gasteiger charge is 2.14. The summed E-state index contributed by atoms with van der Waals surface area (Å²) < 4.78 is 0. The van der Waals surface area contributed by atoms with Gasteiger partial charge in [0.15, 0.2) is 0 Å². The fourth-order valence-electron chi connectivity index (χ4n) is 2.55. The molecule has 2 rings (SSSR count). The lowest BCUT2D eigenvalue weighted by molar-refractivity contribution is 0.0914. The summed E-state index contributed by atoms with van der Waals surface area (Å²) in [6.07, 6.45) is 7.32. The first-order valence-electron chi connectivity index (χ1n) is 7.87. The summed E-state index contributed by atoms with van der Waals surface area (Å²) in [7, 11) is 0. The first-order valence-corrected chi connectivity index (χ1v) is 7.87. The van der Waals surface area contributed by atoms with Crippen LogP contribution in [0.1, 0.15) is 49.4 Å². The fraction of sp³-hybridized carbons (Fsp3) is 0.625. The van der Waals surface area contributed by atoms with Crippen molar-refractivity contribution in [1.82, 2.24) is 10.3 Å². The highest BCUT2D eigenvalue weighted by molar-refractivity contribution is 5.94. The maximum atomic E-state index is 12.0. The van der Waals surface area contributed by atoms with Crippen molar-refractivity contribution in [2.75, 3.05) is 24.6 Å². The number of carbonyl (C=O) groups excluding carboxylic acids is 1. The van der Waals surface area contributed by atoms with Crippen molar-refractivity contribution in [3.63, 3.8) is 0 Å². The van der Waals surface area contributed by atoms with Gasteiger partial charge in [0, 0.05) is 19.3 Å². The maximum Gasteiger partial charge on any atom is 0.253 e. The molecule has 2 heterocycles. The predicted octanol–water partition coefficient (Wildman–Crippen LogP) is 1.96. The minimum absolute atomic E-state index is 0.0401. The number of aromatic nitrogens is 1. The second kappa shape index (κ2) is 7.98. The van der Waals surface area contributed by atoms with Crippen LogP contribution in [-0.2, 0) is 0 Å². The van der Waals surface area contributed by atoms with E-state index < -0.39 is 0 Å². The van der Waals surface area contributed by atoms with Crippen molar-refractivity contribution in [1.29, 1.82) is 0 Å². The number of hydrogen-bond donors (Lipinski definition) is 2. The fourth-order valence-corrected chi connectivity index (χ4v) is 2.55. The van der Waals surface area contributed by atoms with Crippen LogP contribution in [0, 0.1) is 0 Å². The Labute approximate surface area is 126 Å². The van der Waals surface area contributed by atoms with Crippen molar-refractivity contribution >= 4 is 11.7 Å². The lowest BCUT2D eigenvalue weighted by Gasteiger charge is -2.21. The molecule has 1 aliphatic rings. The summed E-state index contributed by atoms with van der Waals surface area (Å²) in [6.45, 7) is 3.98. The molecule has 0 aliphatic carbocycles. The molecule has 5 heteroatoms. The van der Waals surface area contributed by atoms with Gasteiger partial charge in [-0.25, -0.2) is 4.98 Å². The standard InChI is InChI=1S/C16H25N3O2/c1-2-14(12-20)18-16(21)13-7-8-15(17-11-13)19-9-5-3-4-6-10-19/h7-8,11,14,20H,2-6,9-10,12H2,1H3,(H,18,21). The number of carbonyl (C=O) groups is 1. The second-order valence-electron chi connectivity index (χ2n) is 5.57. The summed E-state index contributed by atoms with van der Waals surface area (Å²) in [5, 5.41) is 11.9. The van der Waals surface area contributed by atoms with Gasteiger partial charge in [0.05, 0.1) is 18.2 Å². The molecule has 21 heavy (non-hydrogen) atoms. The Bertz CT molecular complexity index is 435. The molecule has 1 amide bonds. The van der Waals surface area contributed by atoms with Crippen molar-refractivity contribution < 1.29 is 9.90 Å². The topological polar surface area (TPSA) is 65.5 Å². The van der Waals surface area contributed by atoms with Crippen LogP contribution >= 0.6 is 0 Å². The third-order valence-electron chi connectivity index (χ3n) is 3.99.